The Morgan fingerprint density at radius 3 is 2.13 bits per heavy atom. The van der Waals surface area contributed by atoms with Crippen LogP contribution >= 0.6 is 0 Å². The second-order valence-electron chi connectivity index (χ2n) is 20.4. The predicted molar refractivity (Wildman–Crippen MR) is 196 cm³/mol. The van der Waals surface area contributed by atoms with Gasteiger partial charge in [0.2, 0.25) is 6.29 Å². The SMILES string of the molecule is COC(=O)[C@H]1O[C@@H](O[C@H]2CC[C@]3(C)[C@H]4CC=C5[C@@H]6CC(C)(C)CC[C@]6(C(=O)O[C@@H]6OC[C@@H](O)[C@H](O)[C@H]6O)CC[C@@]5(C)[C@]4(C)CC[C@H]3C2(C)C)[C@H](O)[C@@H](O)[C@@H]1O. The smallest absolute Gasteiger partial charge is 0.337 e. The molecule has 2 aliphatic heterocycles. The van der Waals surface area contributed by atoms with Crippen LogP contribution in [-0.4, -0.2) is 118 Å². The van der Waals surface area contributed by atoms with Crippen LogP contribution in [0.25, 0.3) is 0 Å². The Morgan fingerprint density at radius 2 is 1.44 bits per heavy atom. The molecule has 0 aromatic carbocycles. The summed E-state index contributed by atoms with van der Waals surface area (Å²) in [4.78, 5) is 26.8. The summed E-state index contributed by atoms with van der Waals surface area (Å²) in [5, 5.41) is 62.9. The highest BCUT2D eigenvalue weighted by atomic mass is 16.7. The van der Waals surface area contributed by atoms with Crippen LogP contribution in [0.2, 0.25) is 0 Å². The van der Waals surface area contributed by atoms with Gasteiger partial charge in [0.25, 0.3) is 0 Å². The quantitative estimate of drug-likeness (QED) is 0.135. The first kappa shape index (κ1) is 41.5. The van der Waals surface area contributed by atoms with Crippen molar-refractivity contribution in [3.05, 3.63) is 11.6 Å². The number of allylic oxidation sites excluding steroid dienone is 2. The van der Waals surface area contributed by atoms with Gasteiger partial charge in [0.1, 0.15) is 36.6 Å². The minimum Gasteiger partial charge on any atom is -0.467 e. The number of aliphatic hydroxyl groups is 6. The van der Waals surface area contributed by atoms with Gasteiger partial charge >= 0.3 is 11.9 Å². The summed E-state index contributed by atoms with van der Waals surface area (Å²) in [6.07, 6.45) is -2.93. The first-order valence-corrected chi connectivity index (χ1v) is 20.6. The lowest BCUT2D eigenvalue weighted by Gasteiger charge is -2.71. The van der Waals surface area contributed by atoms with Crippen molar-refractivity contribution in [2.24, 2.45) is 50.2 Å². The topological polar surface area (TPSA) is 202 Å². The van der Waals surface area contributed by atoms with Crippen molar-refractivity contribution in [2.75, 3.05) is 13.7 Å². The molecule has 6 fully saturated rings. The van der Waals surface area contributed by atoms with Gasteiger partial charge in [-0.05, 0) is 109 Å². The van der Waals surface area contributed by atoms with E-state index in [0.717, 1.165) is 44.9 Å². The molecule has 13 nitrogen and oxygen atoms in total. The van der Waals surface area contributed by atoms with E-state index in [9.17, 15) is 40.2 Å². The molecule has 0 spiro atoms. The van der Waals surface area contributed by atoms with E-state index in [1.54, 1.807) is 0 Å². The molecule has 0 aromatic rings. The zero-order chi connectivity index (χ0) is 40.3. The van der Waals surface area contributed by atoms with Crippen molar-refractivity contribution >= 4 is 11.9 Å². The third-order valence-corrected chi connectivity index (χ3v) is 17.0. The highest BCUT2D eigenvalue weighted by Gasteiger charge is 2.70. The van der Waals surface area contributed by atoms with Crippen LogP contribution in [0.3, 0.4) is 0 Å². The van der Waals surface area contributed by atoms with E-state index in [1.807, 2.05) is 0 Å². The number of fused-ring (bicyclic) bond motifs is 7. The van der Waals surface area contributed by atoms with Crippen molar-refractivity contribution in [1.29, 1.82) is 0 Å². The molecule has 0 bridgehead atoms. The van der Waals surface area contributed by atoms with Crippen LogP contribution in [0.4, 0.5) is 0 Å². The van der Waals surface area contributed by atoms with E-state index in [1.165, 1.54) is 12.7 Å². The maximum atomic E-state index is 14.4. The minimum absolute atomic E-state index is 0.0130. The van der Waals surface area contributed by atoms with Crippen molar-refractivity contribution in [2.45, 2.75) is 174 Å². The number of methoxy groups -OCH3 is 1. The maximum absolute atomic E-state index is 14.4. The third-order valence-electron chi connectivity index (χ3n) is 17.0. The summed E-state index contributed by atoms with van der Waals surface area (Å²) < 4.78 is 28.5. The molecule has 5 aliphatic carbocycles. The lowest BCUT2D eigenvalue weighted by Crippen LogP contribution is -2.66. The van der Waals surface area contributed by atoms with E-state index in [-0.39, 0.29) is 51.6 Å². The Balaban J connectivity index is 1.15. The fraction of sp³-hybridized carbons (Fsp3) is 0.905. The first-order chi connectivity index (χ1) is 25.6. The van der Waals surface area contributed by atoms with Gasteiger partial charge in [-0.15, -0.1) is 0 Å². The molecule has 6 N–H and O–H groups in total. The number of aliphatic hydroxyl groups excluding tert-OH is 6. The minimum atomic E-state index is -1.65. The average molecular weight is 779 g/mol. The van der Waals surface area contributed by atoms with Crippen molar-refractivity contribution in [1.82, 2.24) is 0 Å². The summed E-state index contributed by atoms with van der Waals surface area (Å²) in [7, 11) is 1.17. The number of ether oxygens (including phenoxy) is 5. The Hall–Kier alpha value is -1.68. The van der Waals surface area contributed by atoms with Gasteiger partial charge in [-0.2, -0.15) is 0 Å². The fourth-order valence-electron chi connectivity index (χ4n) is 13.4. The second kappa shape index (κ2) is 14.0. The molecule has 4 saturated carbocycles. The first-order valence-electron chi connectivity index (χ1n) is 20.6. The summed E-state index contributed by atoms with van der Waals surface area (Å²) in [6, 6.07) is 0. The molecule has 17 atom stereocenters. The molecular formula is C42H66O13. The van der Waals surface area contributed by atoms with Crippen LogP contribution in [0.15, 0.2) is 11.6 Å². The average Bonchev–Trinajstić information content (AvgIpc) is 3.12. The molecule has 0 amide bonds. The standard InChI is InChI=1S/C42H66O13/c1-37(2)15-17-42(36(50)55-34-30(47)27(44)23(43)20-52-34)18-16-40(6)21(22(42)19-37)9-10-25-39(5)13-12-26(38(3,4)24(39)11-14-41(25,40)7)53-35-31(48)28(45)29(46)32(54-35)33(49)51-8/h9,22-32,34-35,43-48H,10-20H2,1-8H3/t22-,23+,24-,25+,26-,27-,28-,29-,30+,31+,32-,34-,35+,39-,40+,41+,42-/m0/s1. The van der Waals surface area contributed by atoms with E-state index in [0.29, 0.717) is 25.2 Å². The second-order valence-corrected chi connectivity index (χ2v) is 20.4. The fourth-order valence-corrected chi connectivity index (χ4v) is 13.4. The molecule has 2 heterocycles. The number of carbonyl (C=O) groups excluding carboxylic acids is 2. The molecule has 312 valence electrons. The van der Waals surface area contributed by atoms with Crippen LogP contribution in [-0.2, 0) is 33.3 Å². The maximum Gasteiger partial charge on any atom is 0.337 e. The highest BCUT2D eigenvalue weighted by molar-refractivity contribution is 5.79. The Morgan fingerprint density at radius 1 is 0.764 bits per heavy atom. The van der Waals surface area contributed by atoms with Crippen molar-refractivity contribution in [3.8, 4) is 0 Å². The Bertz CT molecular complexity index is 1530. The van der Waals surface area contributed by atoms with Crippen LogP contribution < -0.4 is 0 Å². The van der Waals surface area contributed by atoms with Crippen LogP contribution in [0.5, 0.6) is 0 Å². The van der Waals surface area contributed by atoms with Crippen LogP contribution in [0, 0.1) is 50.2 Å². The normalized spacial score (nSPS) is 51.6. The van der Waals surface area contributed by atoms with Gasteiger partial charge in [0.15, 0.2) is 12.4 Å². The Kier molecular flexibility index (Phi) is 10.5. The van der Waals surface area contributed by atoms with E-state index < -0.39 is 72.7 Å². The van der Waals surface area contributed by atoms with Gasteiger partial charge in [-0.3, -0.25) is 4.79 Å². The molecule has 13 heteroatoms. The number of rotatable bonds is 5. The van der Waals surface area contributed by atoms with Gasteiger partial charge < -0.3 is 54.3 Å². The van der Waals surface area contributed by atoms with Gasteiger partial charge in [0, 0.05) is 0 Å². The summed E-state index contributed by atoms with van der Waals surface area (Å²) >= 11 is 0. The molecule has 7 aliphatic rings. The monoisotopic (exact) mass is 778 g/mol. The number of carbonyl (C=O) groups is 2. The summed E-state index contributed by atoms with van der Waals surface area (Å²) in [5.41, 5.74) is -0.0814. The molecule has 0 unspecified atom stereocenters. The number of hydrogen-bond acceptors (Lipinski definition) is 13. The van der Waals surface area contributed by atoms with Gasteiger partial charge in [0.05, 0.1) is 25.2 Å². The zero-order valence-electron chi connectivity index (χ0n) is 33.9. The lowest BCUT2D eigenvalue weighted by atomic mass is 9.33. The highest BCUT2D eigenvalue weighted by Crippen LogP contribution is 2.76. The lowest BCUT2D eigenvalue weighted by molar-refractivity contribution is -0.324. The van der Waals surface area contributed by atoms with Crippen molar-refractivity contribution in [3.63, 3.8) is 0 Å². The molecule has 7 rings (SSSR count). The van der Waals surface area contributed by atoms with Gasteiger partial charge in [-0.25, -0.2) is 4.79 Å². The van der Waals surface area contributed by atoms with E-state index in [2.05, 4.69) is 54.5 Å². The molecule has 55 heavy (non-hydrogen) atoms. The summed E-state index contributed by atoms with van der Waals surface area (Å²) in [6.45, 7) is 16.1. The number of esters is 2. The third kappa shape index (κ3) is 6.19. The predicted octanol–water partition coefficient (Wildman–Crippen LogP) is 3.14. The molecule has 0 radical (unpaired) electrons. The van der Waals surface area contributed by atoms with E-state index >= 15 is 0 Å². The van der Waals surface area contributed by atoms with Crippen LogP contribution in [0.1, 0.15) is 113 Å². The van der Waals surface area contributed by atoms with Gasteiger partial charge in [-0.1, -0.05) is 60.1 Å². The number of hydrogen-bond donors (Lipinski definition) is 6. The van der Waals surface area contributed by atoms with Crippen molar-refractivity contribution < 1.29 is 63.9 Å². The summed E-state index contributed by atoms with van der Waals surface area (Å²) in [5.74, 6) is -0.686. The van der Waals surface area contributed by atoms with E-state index in [4.69, 9.17) is 23.7 Å². The molecule has 0 aromatic heterocycles. The zero-order valence-corrected chi connectivity index (χ0v) is 33.9. The Labute approximate surface area is 325 Å². The largest absolute Gasteiger partial charge is 0.467 e. The molecule has 2 saturated heterocycles. The molecular weight excluding hydrogens is 712 g/mol.